The van der Waals surface area contributed by atoms with E-state index in [0.717, 1.165) is 140 Å². The third kappa shape index (κ3) is 17.8. The quantitative estimate of drug-likeness (QED) is 0.0539. The molecule has 2 aromatic rings. The molecule has 2 aliphatic carbocycles. The van der Waals surface area contributed by atoms with E-state index < -0.39 is 29.7 Å². The summed E-state index contributed by atoms with van der Waals surface area (Å²) in [6.07, 6.45) is 27.0. The molecule has 0 aliphatic heterocycles. The van der Waals surface area contributed by atoms with Gasteiger partial charge in [-0.05, 0) is 86.8 Å². The molecule has 2 aromatic carbocycles. The molecule has 2 fully saturated rings. The van der Waals surface area contributed by atoms with Gasteiger partial charge in [0.1, 0.15) is 0 Å². The number of hydrogen-bond acceptors (Lipinski definition) is 9. The summed E-state index contributed by atoms with van der Waals surface area (Å²) in [5.41, 5.74) is 3.05. The fourth-order valence-corrected chi connectivity index (χ4v) is 8.13. The third-order valence-corrected chi connectivity index (χ3v) is 11.8. The molecule has 0 aromatic heterocycles. The summed E-state index contributed by atoms with van der Waals surface area (Å²) in [7, 11) is 0. The molecule has 2 aliphatic rings. The summed E-state index contributed by atoms with van der Waals surface area (Å²) in [6, 6.07) is 14.8. The maximum absolute atomic E-state index is 14.2. The normalized spacial score (nSPS) is 18.5. The van der Waals surface area contributed by atoms with Gasteiger partial charge in [0.15, 0.2) is 0 Å². The molecule has 0 bridgehead atoms. The maximum Gasteiger partial charge on any atom is 0.513 e. The highest BCUT2D eigenvalue weighted by Crippen LogP contribution is 2.35. The van der Waals surface area contributed by atoms with Crippen LogP contribution in [0.3, 0.4) is 0 Å². The fourth-order valence-electron chi connectivity index (χ4n) is 8.13. The van der Waals surface area contributed by atoms with Crippen LogP contribution in [0.5, 0.6) is 0 Å². The zero-order valence-corrected chi connectivity index (χ0v) is 36.0. The van der Waals surface area contributed by atoms with Crippen molar-refractivity contribution in [3.63, 3.8) is 0 Å². The Morgan fingerprint density at radius 3 is 1.02 bits per heavy atom. The number of benzene rings is 2. The molecule has 9 nitrogen and oxygen atoms in total. The molecule has 2 saturated carbocycles. The van der Waals surface area contributed by atoms with Gasteiger partial charge >= 0.3 is 18.1 Å². The van der Waals surface area contributed by atoms with E-state index in [4.69, 9.17) is 29.0 Å². The number of hydrogen-bond donors (Lipinski definition) is 0. The molecule has 9 heteroatoms. The lowest BCUT2D eigenvalue weighted by Crippen LogP contribution is -2.44. The second-order valence-corrected chi connectivity index (χ2v) is 16.9. The largest absolute Gasteiger partial charge is 0.513 e. The SMILES string of the molecule is CCCCCc1ccc(C(=O)OOC2(OC(=O)OC3(OOC(=O)c4ccc(CCCCC)cc4)CCCCCCCCCCC3)CCCCCCCCCCC2)cc1. The minimum absolute atomic E-state index is 0.336. The number of unbranched alkanes of at least 4 members (excludes halogenated alkanes) is 4. The molecule has 0 N–H and O–H groups in total. The first kappa shape index (κ1) is 47.3. The summed E-state index contributed by atoms with van der Waals surface area (Å²) in [6.45, 7) is 4.36. The molecule has 0 amide bonds. The molecule has 324 valence electrons. The van der Waals surface area contributed by atoms with Gasteiger partial charge in [0.2, 0.25) is 0 Å². The van der Waals surface area contributed by atoms with E-state index in [1.807, 2.05) is 24.3 Å². The van der Waals surface area contributed by atoms with E-state index in [2.05, 4.69) is 13.8 Å². The highest BCUT2D eigenvalue weighted by atomic mass is 17.3. The van der Waals surface area contributed by atoms with Crippen molar-refractivity contribution in [3.8, 4) is 0 Å². The second kappa shape index (κ2) is 27.4. The molecule has 4 rings (SSSR count). The smallest absolute Gasteiger partial charge is 0.398 e. The average molecular weight is 807 g/mol. The van der Waals surface area contributed by atoms with Crippen molar-refractivity contribution in [2.75, 3.05) is 0 Å². The predicted molar refractivity (Wildman–Crippen MR) is 227 cm³/mol. The van der Waals surface area contributed by atoms with Crippen LogP contribution >= 0.6 is 0 Å². The van der Waals surface area contributed by atoms with Crippen molar-refractivity contribution in [2.24, 2.45) is 0 Å². The van der Waals surface area contributed by atoms with Crippen LogP contribution in [0.2, 0.25) is 0 Å². The summed E-state index contributed by atoms with van der Waals surface area (Å²) in [5.74, 6) is -4.42. The lowest BCUT2D eigenvalue weighted by Gasteiger charge is -2.35. The van der Waals surface area contributed by atoms with Crippen LogP contribution in [-0.4, -0.2) is 29.7 Å². The molecule has 0 spiro atoms. The van der Waals surface area contributed by atoms with Gasteiger partial charge in [0.25, 0.3) is 11.6 Å². The Balaban J connectivity index is 1.52. The van der Waals surface area contributed by atoms with Crippen molar-refractivity contribution < 1.29 is 43.4 Å². The Morgan fingerprint density at radius 2 is 0.724 bits per heavy atom. The highest BCUT2D eigenvalue weighted by Gasteiger charge is 2.44. The van der Waals surface area contributed by atoms with Crippen LogP contribution in [-0.2, 0) is 41.9 Å². The van der Waals surface area contributed by atoms with E-state index in [9.17, 15) is 14.4 Å². The summed E-state index contributed by atoms with van der Waals surface area (Å²) in [4.78, 5) is 64.0. The first-order valence-corrected chi connectivity index (χ1v) is 23.3. The first-order chi connectivity index (χ1) is 28.4. The van der Waals surface area contributed by atoms with Crippen LogP contribution in [0.25, 0.3) is 0 Å². The standard InChI is InChI=1S/C49H74O9/c1-3-5-21-27-41-29-33-43(34-30-41)45(50)55-57-48(37-23-17-13-9-7-10-14-18-24-38-48)53-47(52)54-49(39-25-19-15-11-8-12-16-20-26-40-49)58-56-46(51)44-35-31-42(32-36-44)28-22-6-4-2/h29-36H,3-28,37-40H2,1-2H3. The van der Waals surface area contributed by atoms with Crippen LogP contribution in [0, 0.1) is 0 Å². The number of ether oxygens (including phenoxy) is 2. The van der Waals surface area contributed by atoms with E-state index in [0.29, 0.717) is 62.5 Å². The van der Waals surface area contributed by atoms with Crippen LogP contribution in [0.4, 0.5) is 4.79 Å². The molecule has 0 radical (unpaired) electrons. The second-order valence-electron chi connectivity index (χ2n) is 16.9. The van der Waals surface area contributed by atoms with Gasteiger partial charge in [-0.1, -0.05) is 154 Å². The van der Waals surface area contributed by atoms with Crippen LogP contribution in [0.1, 0.15) is 225 Å². The van der Waals surface area contributed by atoms with Crippen molar-refractivity contribution in [1.82, 2.24) is 0 Å². The van der Waals surface area contributed by atoms with Crippen molar-refractivity contribution in [3.05, 3.63) is 70.8 Å². The van der Waals surface area contributed by atoms with Gasteiger partial charge in [-0.15, -0.1) is 9.78 Å². The Kier molecular flexibility index (Phi) is 22.3. The molecule has 0 heterocycles. The Bertz CT molecular complexity index is 1310. The minimum atomic E-state index is -1.56. The number of carbonyl (C=O) groups is 3. The summed E-state index contributed by atoms with van der Waals surface area (Å²) >= 11 is 0. The minimum Gasteiger partial charge on any atom is -0.398 e. The molecular formula is C49H74O9. The lowest BCUT2D eigenvalue weighted by atomic mass is 9.97. The zero-order chi connectivity index (χ0) is 41.2. The monoisotopic (exact) mass is 807 g/mol. The topological polar surface area (TPSA) is 107 Å². The van der Waals surface area contributed by atoms with Gasteiger partial charge in [0.05, 0.1) is 11.1 Å². The number of rotatable bonds is 16. The lowest BCUT2D eigenvalue weighted by molar-refractivity contribution is -0.409. The van der Waals surface area contributed by atoms with E-state index in [-0.39, 0.29) is 0 Å². The molecular weight excluding hydrogens is 733 g/mol. The Hall–Kier alpha value is -3.43. The van der Waals surface area contributed by atoms with E-state index >= 15 is 0 Å². The molecule has 0 atom stereocenters. The Labute approximate surface area is 349 Å². The average Bonchev–Trinajstić information content (AvgIpc) is 3.22. The molecule has 0 unspecified atom stereocenters. The van der Waals surface area contributed by atoms with Gasteiger partial charge in [-0.25, -0.2) is 14.4 Å². The molecule has 58 heavy (non-hydrogen) atoms. The number of aryl methyl sites for hydroxylation is 2. The predicted octanol–water partition coefficient (Wildman–Crippen LogP) is 14.2. The maximum atomic E-state index is 14.2. The van der Waals surface area contributed by atoms with Gasteiger partial charge in [-0.2, -0.15) is 0 Å². The van der Waals surface area contributed by atoms with Crippen molar-refractivity contribution >= 4 is 18.1 Å². The van der Waals surface area contributed by atoms with Crippen molar-refractivity contribution in [1.29, 1.82) is 0 Å². The third-order valence-electron chi connectivity index (χ3n) is 11.8. The fraction of sp³-hybridized carbons (Fsp3) is 0.694. The van der Waals surface area contributed by atoms with E-state index in [1.54, 1.807) is 24.3 Å². The van der Waals surface area contributed by atoms with Gasteiger partial charge in [-0.3, -0.25) is 9.78 Å². The molecule has 0 saturated heterocycles. The van der Waals surface area contributed by atoms with Crippen LogP contribution < -0.4 is 0 Å². The van der Waals surface area contributed by atoms with Gasteiger partial charge < -0.3 is 9.47 Å². The van der Waals surface area contributed by atoms with Gasteiger partial charge in [0, 0.05) is 25.7 Å². The Morgan fingerprint density at radius 1 is 0.431 bits per heavy atom. The summed E-state index contributed by atoms with van der Waals surface area (Å²) in [5, 5.41) is 0. The summed E-state index contributed by atoms with van der Waals surface area (Å²) < 4.78 is 12.4. The van der Waals surface area contributed by atoms with Crippen molar-refractivity contribution in [2.45, 2.75) is 218 Å². The first-order valence-electron chi connectivity index (χ1n) is 23.3. The van der Waals surface area contributed by atoms with E-state index in [1.165, 1.54) is 12.8 Å². The van der Waals surface area contributed by atoms with Crippen LogP contribution in [0.15, 0.2) is 48.5 Å². The zero-order valence-electron chi connectivity index (χ0n) is 36.0. The number of carbonyl (C=O) groups excluding carboxylic acids is 3. The highest BCUT2D eigenvalue weighted by molar-refractivity contribution is 5.89.